The maximum atomic E-state index is 12.9. The van der Waals surface area contributed by atoms with Crippen molar-refractivity contribution >= 4 is 0 Å². The number of halogens is 1. The van der Waals surface area contributed by atoms with E-state index in [1.807, 2.05) is 20.8 Å². The number of rotatable bonds is 0. The molecular formula is C8H12FNO. The first kappa shape index (κ1) is 8.24. The molecule has 3 heteroatoms. The first-order valence-corrected chi connectivity index (χ1v) is 3.54. The second-order valence-corrected chi connectivity index (χ2v) is 3.61. The molecule has 1 aromatic rings. The average molecular weight is 157 g/mol. The van der Waals surface area contributed by atoms with Gasteiger partial charge in [-0.2, -0.15) is 4.39 Å². The van der Waals surface area contributed by atoms with Gasteiger partial charge in [0.2, 0.25) is 0 Å². The Bertz CT molecular complexity index is 260. The fourth-order valence-electron chi connectivity index (χ4n) is 0.865. The fourth-order valence-corrected chi connectivity index (χ4v) is 0.865. The van der Waals surface area contributed by atoms with Crippen molar-refractivity contribution in [1.29, 1.82) is 0 Å². The van der Waals surface area contributed by atoms with E-state index >= 15 is 0 Å². The molecule has 0 fully saturated rings. The molecule has 1 rings (SSSR count). The van der Waals surface area contributed by atoms with Gasteiger partial charge in [0, 0.05) is 12.3 Å². The van der Waals surface area contributed by atoms with Gasteiger partial charge in [-0.25, -0.2) is 4.98 Å². The molecule has 1 heterocycles. The van der Waals surface area contributed by atoms with Crippen molar-refractivity contribution in [1.82, 2.24) is 4.98 Å². The normalized spacial score (nSPS) is 12.1. The summed E-state index contributed by atoms with van der Waals surface area (Å²) in [4.78, 5) is 3.94. The lowest BCUT2D eigenvalue weighted by molar-refractivity contribution is 0.329. The van der Waals surface area contributed by atoms with E-state index in [-0.39, 0.29) is 5.41 Å². The van der Waals surface area contributed by atoms with Crippen LogP contribution in [-0.4, -0.2) is 4.98 Å². The van der Waals surface area contributed by atoms with Gasteiger partial charge >= 0.3 is 6.01 Å². The van der Waals surface area contributed by atoms with Crippen molar-refractivity contribution in [2.24, 2.45) is 0 Å². The minimum atomic E-state index is -0.560. The summed E-state index contributed by atoms with van der Waals surface area (Å²) < 4.78 is 17.5. The number of aromatic nitrogens is 1. The minimum Gasteiger partial charge on any atom is -0.416 e. The standard InChI is InChI=1S/C8H12FNO/c1-5-10-6(7(9)11-5)8(2,3)4/h1-4H3. The molecule has 0 unspecified atom stereocenters. The largest absolute Gasteiger partial charge is 0.416 e. The van der Waals surface area contributed by atoms with Gasteiger partial charge in [0.25, 0.3) is 0 Å². The predicted octanol–water partition coefficient (Wildman–Crippen LogP) is 2.42. The number of aryl methyl sites for hydroxylation is 1. The molecule has 0 saturated carbocycles. The van der Waals surface area contributed by atoms with E-state index in [4.69, 9.17) is 0 Å². The Morgan fingerprint density at radius 1 is 1.36 bits per heavy atom. The van der Waals surface area contributed by atoms with Crippen LogP contribution in [0.2, 0.25) is 0 Å². The highest BCUT2D eigenvalue weighted by Crippen LogP contribution is 2.24. The summed E-state index contributed by atoms with van der Waals surface area (Å²) in [6.07, 6.45) is 0. The third-order valence-electron chi connectivity index (χ3n) is 1.40. The van der Waals surface area contributed by atoms with Crippen LogP contribution < -0.4 is 0 Å². The Balaban J connectivity index is 3.13. The van der Waals surface area contributed by atoms with Crippen LogP contribution >= 0.6 is 0 Å². The van der Waals surface area contributed by atoms with Crippen molar-refractivity contribution < 1.29 is 8.81 Å². The first-order valence-electron chi connectivity index (χ1n) is 3.54. The Morgan fingerprint density at radius 2 is 1.91 bits per heavy atom. The maximum Gasteiger partial charge on any atom is 0.301 e. The third-order valence-corrected chi connectivity index (χ3v) is 1.40. The highest BCUT2D eigenvalue weighted by atomic mass is 19.1. The summed E-state index contributed by atoms with van der Waals surface area (Å²) in [5.74, 6) is 0.382. The molecule has 11 heavy (non-hydrogen) atoms. The smallest absolute Gasteiger partial charge is 0.301 e. The summed E-state index contributed by atoms with van der Waals surface area (Å²) in [5, 5.41) is 0. The van der Waals surface area contributed by atoms with Gasteiger partial charge in [0.1, 0.15) is 5.69 Å². The summed E-state index contributed by atoms with van der Waals surface area (Å²) in [5.41, 5.74) is 0.122. The summed E-state index contributed by atoms with van der Waals surface area (Å²) in [6.45, 7) is 7.33. The van der Waals surface area contributed by atoms with Gasteiger partial charge in [-0.3, -0.25) is 0 Å². The average Bonchev–Trinajstić information content (AvgIpc) is 2.08. The molecule has 0 amide bonds. The molecule has 0 aliphatic carbocycles. The lowest BCUT2D eigenvalue weighted by Gasteiger charge is -2.13. The molecule has 0 aliphatic heterocycles. The van der Waals surface area contributed by atoms with E-state index in [9.17, 15) is 4.39 Å². The zero-order valence-electron chi connectivity index (χ0n) is 7.23. The summed E-state index contributed by atoms with van der Waals surface area (Å²) in [7, 11) is 0. The van der Waals surface area contributed by atoms with Crippen molar-refractivity contribution in [2.75, 3.05) is 0 Å². The van der Waals surface area contributed by atoms with Gasteiger partial charge in [0.05, 0.1) is 0 Å². The topological polar surface area (TPSA) is 26.0 Å². The summed E-state index contributed by atoms with van der Waals surface area (Å²) >= 11 is 0. The molecule has 1 aromatic heterocycles. The molecule has 2 nitrogen and oxygen atoms in total. The second kappa shape index (κ2) is 2.32. The highest BCUT2D eigenvalue weighted by molar-refractivity contribution is 5.09. The van der Waals surface area contributed by atoms with E-state index < -0.39 is 6.01 Å². The minimum absolute atomic E-state index is 0.276. The van der Waals surface area contributed by atoms with Gasteiger partial charge in [0.15, 0.2) is 5.89 Å². The molecule has 62 valence electrons. The second-order valence-electron chi connectivity index (χ2n) is 3.61. The molecule has 0 bridgehead atoms. The van der Waals surface area contributed by atoms with Crippen LogP contribution in [0.1, 0.15) is 32.4 Å². The monoisotopic (exact) mass is 157 g/mol. The molecule has 0 aliphatic rings. The van der Waals surface area contributed by atoms with E-state index in [0.717, 1.165) is 0 Å². The van der Waals surface area contributed by atoms with Crippen LogP contribution in [0.5, 0.6) is 0 Å². The van der Waals surface area contributed by atoms with Crippen LogP contribution in [-0.2, 0) is 5.41 Å². The SMILES string of the molecule is Cc1nc(C(C)(C)C)c(F)o1. The number of hydrogen-bond donors (Lipinski definition) is 0. The third kappa shape index (κ3) is 1.59. The van der Waals surface area contributed by atoms with Crippen molar-refractivity contribution in [3.8, 4) is 0 Å². The quantitative estimate of drug-likeness (QED) is 0.578. The number of hydrogen-bond acceptors (Lipinski definition) is 2. The maximum absolute atomic E-state index is 12.9. The molecule has 0 saturated heterocycles. The van der Waals surface area contributed by atoms with E-state index in [1.54, 1.807) is 6.92 Å². The Hall–Kier alpha value is -0.860. The fraction of sp³-hybridized carbons (Fsp3) is 0.625. The zero-order valence-corrected chi connectivity index (χ0v) is 7.23. The van der Waals surface area contributed by atoms with Gasteiger partial charge in [-0.15, -0.1) is 0 Å². The molecule has 0 radical (unpaired) electrons. The van der Waals surface area contributed by atoms with Crippen LogP contribution in [0.25, 0.3) is 0 Å². The first-order chi connectivity index (χ1) is 4.91. The van der Waals surface area contributed by atoms with Gasteiger partial charge < -0.3 is 4.42 Å². The number of nitrogens with zero attached hydrogens (tertiary/aromatic N) is 1. The van der Waals surface area contributed by atoms with E-state index in [2.05, 4.69) is 9.40 Å². The molecule has 0 spiro atoms. The lowest BCUT2D eigenvalue weighted by Crippen LogP contribution is -2.13. The Morgan fingerprint density at radius 3 is 2.09 bits per heavy atom. The molecule has 0 atom stereocenters. The van der Waals surface area contributed by atoms with E-state index in [1.165, 1.54) is 0 Å². The van der Waals surface area contributed by atoms with Crippen molar-refractivity contribution in [3.63, 3.8) is 0 Å². The number of oxazole rings is 1. The molecule has 0 N–H and O–H groups in total. The summed E-state index contributed by atoms with van der Waals surface area (Å²) in [6, 6.07) is -0.560. The lowest BCUT2D eigenvalue weighted by atomic mass is 9.93. The van der Waals surface area contributed by atoms with E-state index in [0.29, 0.717) is 11.6 Å². The van der Waals surface area contributed by atoms with Crippen molar-refractivity contribution in [3.05, 3.63) is 17.6 Å². The predicted molar refractivity (Wildman–Crippen MR) is 39.9 cm³/mol. The highest BCUT2D eigenvalue weighted by Gasteiger charge is 2.23. The molecular weight excluding hydrogens is 145 g/mol. The Kier molecular flexibility index (Phi) is 1.74. The van der Waals surface area contributed by atoms with Crippen LogP contribution in [0, 0.1) is 12.9 Å². The van der Waals surface area contributed by atoms with Crippen molar-refractivity contribution in [2.45, 2.75) is 33.1 Å². The zero-order chi connectivity index (χ0) is 8.65. The van der Waals surface area contributed by atoms with Gasteiger partial charge in [-0.05, 0) is 0 Å². The van der Waals surface area contributed by atoms with Crippen LogP contribution in [0.4, 0.5) is 4.39 Å². The Labute approximate surface area is 65.4 Å². The van der Waals surface area contributed by atoms with Crippen LogP contribution in [0.3, 0.4) is 0 Å². The molecule has 0 aromatic carbocycles. The van der Waals surface area contributed by atoms with Gasteiger partial charge in [-0.1, -0.05) is 20.8 Å². The van der Waals surface area contributed by atoms with Crippen LogP contribution in [0.15, 0.2) is 4.42 Å².